The van der Waals surface area contributed by atoms with E-state index in [2.05, 4.69) is 54.6 Å². The SMILES string of the molecule is CCc1nsc(N2CCN(C(=NC)NCCCn3cc(C)cn3)CC2)n1.I. The topological polar surface area (TPSA) is 74.5 Å². The summed E-state index contributed by atoms with van der Waals surface area (Å²) in [7, 11) is 1.85. The Kier molecular flexibility index (Phi) is 8.74. The summed E-state index contributed by atoms with van der Waals surface area (Å²) >= 11 is 1.50. The molecule has 0 unspecified atom stereocenters. The number of aromatic nitrogens is 4. The monoisotopic (exact) mass is 504 g/mol. The van der Waals surface area contributed by atoms with Gasteiger partial charge in [0.05, 0.1) is 6.20 Å². The second-order valence-electron chi connectivity index (χ2n) is 6.43. The molecular formula is C17H29IN8S. The first kappa shape index (κ1) is 21.9. The number of nitrogens with zero attached hydrogens (tertiary/aromatic N) is 7. The van der Waals surface area contributed by atoms with E-state index in [-0.39, 0.29) is 24.0 Å². The second-order valence-corrected chi connectivity index (χ2v) is 7.16. The molecule has 0 aliphatic carbocycles. The fourth-order valence-electron chi connectivity index (χ4n) is 2.99. The summed E-state index contributed by atoms with van der Waals surface area (Å²) in [6.07, 6.45) is 5.88. The minimum atomic E-state index is 0. The van der Waals surface area contributed by atoms with Crippen LogP contribution >= 0.6 is 35.5 Å². The van der Waals surface area contributed by atoms with Gasteiger partial charge in [0.25, 0.3) is 0 Å². The Hall–Kier alpha value is -1.43. The second kappa shape index (κ2) is 10.8. The predicted molar refractivity (Wildman–Crippen MR) is 121 cm³/mol. The standard InChI is InChI=1S/C17H28N8S.HI/c1-4-15-21-17(26-22-15)24-10-8-23(9-11-24)16(18-3)19-6-5-7-25-13-14(2)12-20-25;/h12-13H,4-11H2,1-3H3,(H,18,19);1H. The van der Waals surface area contributed by atoms with Crippen molar-refractivity contribution < 1.29 is 0 Å². The lowest BCUT2D eigenvalue weighted by molar-refractivity contribution is 0.371. The van der Waals surface area contributed by atoms with Gasteiger partial charge in [0, 0.05) is 70.5 Å². The van der Waals surface area contributed by atoms with Gasteiger partial charge in [-0.25, -0.2) is 4.98 Å². The van der Waals surface area contributed by atoms with Crippen molar-refractivity contribution in [3.05, 3.63) is 23.8 Å². The fraction of sp³-hybridized carbons (Fsp3) is 0.647. The van der Waals surface area contributed by atoms with Crippen molar-refractivity contribution in [1.82, 2.24) is 29.4 Å². The summed E-state index contributed by atoms with van der Waals surface area (Å²) in [5.41, 5.74) is 1.20. The molecule has 0 saturated carbocycles. The normalized spacial score (nSPS) is 15.0. The quantitative estimate of drug-likeness (QED) is 0.281. The smallest absolute Gasteiger partial charge is 0.205 e. The van der Waals surface area contributed by atoms with Crippen molar-refractivity contribution in [2.45, 2.75) is 33.2 Å². The molecule has 2 aromatic heterocycles. The molecule has 1 fully saturated rings. The lowest BCUT2D eigenvalue weighted by atomic mass is 10.3. The molecule has 27 heavy (non-hydrogen) atoms. The Morgan fingerprint density at radius 2 is 2.07 bits per heavy atom. The van der Waals surface area contributed by atoms with Crippen LogP contribution in [-0.2, 0) is 13.0 Å². The molecule has 0 spiro atoms. The van der Waals surface area contributed by atoms with Gasteiger partial charge in [-0.15, -0.1) is 24.0 Å². The van der Waals surface area contributed by atoms with Crippen molar-refractivity contribution in [3.63, 3.8) is 0 Å². The largest absolute Gasteiger partial charge is 0.356 e. The first-order chi connectivity index (χ1) is 12.7. The Morgan fingerprint density at radius 1 is 1.30 bits per heavy atom. The average molecular weight is 504 g/mol. The van der Waals surface area contributed by atoms with Gasteiger partial charge in [-0.05, 0) is 18.9 Å². The van der Waals surface area contributed by atoms with Gasteiger partial charge in [0.2, 0.25) is 5.13 Å². The van der Waals surface area contributed by atoms with Gasteiger partial charge in [-0.1, -0.05) is 6.92 Å². The molecule has 8 nitrogen and oxygen atoms in total. The Labute approximate surface area is 182 Å². The van der Waals surface area contributed by atoms with Crippen LogP contribution in [0.15, 0.2) is 17.4 Å². The number of hydrogen-bond donors (Lipinski definition) is 1. The third-order valence-corrected chi connectivity index (χ3v) is 5.26. The van der Waals surface area contributed by atoms with Gasteiger partial charge < -0.3 is 15.1 Å². The zero-order valence-electron chi connectivity index (χ0n) is 16.3. The zero-order chi connectivity index (χ0) is 18.4. The van der Waals surface area contributed by atoms with Crippen molar-refractivity contribution in [2.75, 3.05) is 44.7 Å². The third kappa shape index (κ3) is 6.03. The van der Waals surface area contributed by atoms with E-state index in [1.807, 2.05) is 17.9 Å². The summed E-state index contributed by atoms with van der Waals surface area (Å²) in [4.78, 5) is 13.7. The number of guanidine groups is 1. The van der Waals surface area contributed by atoms with Crippen LogP contribution in [-0.4, -0.2) is 69.8 Å². The zero-order valence-corrected chi connectivity index (χ0v) is 19.4. The van der Waals surface area contributed by atoms with Gasteiger partial charge >= 0.3 is 0 Å². The number of piperazine rings is 1. The molecule has 0 atom stereocenters. The highest BCUT2D eigenvalue weighted by Crippen LogP contribution is 2.19. The van der Waals surface area contributed by atoms with E-state index in [1.165, 1.54) is 17.1 Å². The minimum absolute atomic E-state index is 0. The maximum Gasteiger partial charge on any atom is 0.205 e. The minimum Gasteiger partial charge on any atom is -0.356 e. The van der Waals surface area contributed by atoms with E-state index in [1.54, 1.807) is 0 Å². The van der Waals surface area contributed by atoms with Crippen LogP contribution in [0.5, 0.6) is 0 Å². The van der Waals surface area contributed by atoms with Crippen LogP contribution in [0.25, 0.3) is 0 Å². The van der Waals surface area contributed by atoms with Crippen molar-refractivity contribution >= 4 is 46.6 Å². The Balaban J connectivity index is 0.00000261. The maximum atomic E-state index is 4.59. The van der Waals surface area contributed by atoms with Crippen LogP contribution in [0, 0.1) is 6.92 Å². The lowest BCUT2D eigenvalue weighted by Gasteiger charge is -2.36. The highest BCUT2D eigenvalue weighted by atomic mass is 127. The lowest BCUT2D eigenvalue weighted by Crippen LogP contribution is -2.52. The van der Waals surface area contributed by atoms with Gasteiger partial charge in [0.15, 0.2) is 5.96 Å². The number of aryl methyl sites for hydroxylation is 3. The molecule has 0 radical (unpaired) electrons. The summed E-state index contributed by atoms with van der Waals surface area (Å²) in [5, 5.41) is 8.84. The van der Waals surface area contributed by atoms with Crippen LogP contribution < -0.4 is 10.2 Å². The molecule has 0 amide bonds. The first-order valence-electron chi connectivity index (χ1n) is 9.21. The number of hydrogen-bond acceptors (Lipinski definition) is 6. The summed E-state index contributed by atoms with van der Waals surface area (Å²) in [6.45, 7) is 9.75. The summed E-state index contributed by atoms with van der Waals surface area (Å²) < 4.78 is 6.38. The number of halogens is 1. The van der Waals surface area contributed by atoms with Crippen LogP contribution in [0.4, 0.5) is 5.13 Å². The highest BCUT2D eigenvalue weighted by Gasteiger charge is 2.21. The predicted octanol–water partition coefficient (Wildman–Crippen LogP) is 2.01. The van der Waals surface area contributed by atoms with Gasteiger partial charge in [0.1, 0.15) is 5.82 Å². The van der Waals surface area contributed by atoms with Crippen LogP contribution in [0.3, 0.4) is 0 Å². The molecule has 1 N–H and O–H groups in total. The molecule has 0 aromatic carbocycles. The number of nitrogens with one attached hydrogen (secondary N) is 1. The number of anilines is 1. The van der Waals surface area contributed by atoms with Crippen LogP contribution in [0.1, 0.15) is 24.7 Å². The molecule has 1 aliphatic rings. The van der Waals surface area contributed by atoms with E-state index >= 15 is 0 Å². The summed E-state index contributed by atoms with van der Waals surface area (Å²) in [5.74, 6) is 1.92. The first-order valence-corrected chi connectivity index (χ1v) is 9.99. The average Bonchev–Trinajstić information content (AvgIpc) is 3.31. The molecule has 150 valence electrons. The molecule has 1 saturated heterocycles. The molecule has 2 aromatic rings. The van der Waals surface area contributed by atoms with E-state index in [0.717, 1.165) is 69.0 Å². The molecule has 3 rings (SSSR count). The fourth-order valence-corrected chi connectivity index (χ4v) is 3.79. The van der Waals surface area contributed by atoms with Crippen molar-refractivity contribution in [3.8, 4) is 0 Å². The van der Waals surface area contributed by atoms with Crippen LogP contribution in [0.2, 0.25) is 0 Å². The van der Waals surface area contributed by atoms with E-state index < -0.39 is 0 Å². The Morgan fingerprint density at radius 3 is 2.67 bits per heavy atom. The highest BCUT2D eigenvalue weighted by molar-refractivity contribution is 14.0. The van der Waals surface area contributed by atoms with Crippen molar-refractivity contribution in [2.24, 2.45) is 4.99 Å². The Bertz CT molecular complexity index is 720. The van der Waals surface area contributed by atoms with E-state index in [9.17, 15) is 0 Å². The van der Waals surface area contributed by atoms with E-state index in [0.29, 0.717) is 0 Å². The third-order valence-electron chi connectivity index (χ3n) is 4.44. The molecule has 0 bridgehead atoms. The molecule has 1 aliphatic heterocycles. The molecular weight excluding hydrogens is 475 g/mol. The summed E-state index contributed by atoms with van der Waals surface area (Å²) in [6, 6.07) is 0. The number of rotatable bonds is 6. The maximum absolute atomic E-state index is 4.59. The van der Waals surface area contributed by atoms with Crippen molar-refractivity contribution in [1.29, 1.82) is 0 Å². The van der Waals surface area contributed by atoms with E-state index in [4.69, 9.17) is 0 Å². The number of aliphatic imine (C=N–C) groups is 1. The molecule has 10 heteroatoms. The van der Waals surface area contributed by atoms with Gasteiger partial charge in [-0.3, -0.25) is 9.67 Å². The molecule has 3 heterocycles. The van der Waals surface area contributed by atoms with Gasteiger partial charge in [-0.2, -0.15) is 9.47 Å².